The molecule has 1 fully saturated rings. The van der Waals surface area contributed by atoms with E-state index in [0.717, 1.165) is 29.7 Å². The van der Waals surface area contributed by atoms with Crippen molar-refractivity contribution in [3.05, 3.63) is 59.8 Å². The van der Waals surface area contributed by atoms with Gasteiger partial charge in [-0.2, -0.15) is 0 Å². The summed E-state index contributed by atoms with van der Waals surface area (Å²) in [5.74, 6) is 2.54. The van der Waals surface area contributed by atoms with Gasteiger partial charge in [-0.1, -0.05) is 17.3 Å². The highest BCUT2D eigenvalue weighted by atomic mass is 16.5. The summed E-state index contributed by atoms with van der Waals surface area (Å²) in [5.41, 5.74) is 1.80. The maximum absolute atomic E-state index is 12.9. The first kappa shape index (κ1) is 19.8. The van der Waals surface area contributed by atoms with Crippen molar-refractivity contribution in [2.45, 2.75) is 24.8 Å². The van der Waals surface area contributed by atoms with Gasteiger partial charge in [0.25, 0.3) is 0 Å². The molecule has 30 heavy (non-hydrogen) atoms. The van der Waals surface area contributed by atoms with Crippen molar-refractivity contribution in [2.24, 2.45) is 0 Å². The maximum Gasteiger partial charge on any atom is 0.232 e. The molecule has 0 atom stereocenters. The summed E-state index contributed by atoms with van der Waals surface area (Å²) in [6.07, 6.45) is 1.49. The zero-order valence-electron chi connectivity index (χ0n) is 17.2. The van der Waals surface area contributed by atoms with E-state index in [1.807, 2.05) is 48.5 Å². The van der Waals surface area contributed by atoms with E-state index in [9.17, 15) is 4.79 Å². The molecule has 1 heterocycles. The summed E-state index contributed by atoms with van der Waals surface area (Å²) in [6, 6.07) is 15.0. The van der Waals surface area contributed by atoms with Crippen LogP contribution in [0.3, 0.4) is 0 Å². The first-order valence-electron chi connectivity index (χ1n) is 9.70. The molecule has 0 bridgehead atoms. The molecule has 1 N–H and O–H groups in total. The molecule has 1 aliphatic carbocycles. The molecule has 0 unspecified atom stereocenters. The quantitative estimate of drug-likeness (QED) is 0.612. The summed E-state index contributed by atoms with van der Waals surface area (Å²) in [5, 5.41) is 7.22. The van der Waals surface area contributed by atoms with Crippen LogP contribution in [0.25, 0.3) is 11.3 Å². The van der Waals surface area contributed by atoms with Gasteiger partial charge < -0.3 is 24.1 Å². The number of benzene rings is 2. The van der Waals surface area contributed by atoms with Gasteiger partial charge >= 0.3 is 0 Å². The third kappa shape index (κ3) is 3.70. The molecule has 7 heteroatoms. The normalized spacial score (nSPS) is 14.1. The molecule has 3 aromatic rings. The maximum atomic E-state index is 12.9. The van der Waals surface area contributed by atoms with Crippen LogP contribution < -0.4 is 19.5 Å². The van der Waals surface area contributed by atoms with Crippen LogP contribution in [0, 0.1) is 0 Å². The molecule has 156 valence electrons. The van der Waals surface area contributed by atoms with E-state index in [4.69, 9.17) is 18.7 Å². The summed E-state index contributed by atoms with van der Waals surface area (Å²) < 4.78 is 21.4. The highest BCUT2D eigenvalue weighted by molar-refractivity contribution is 5.91. The average molecular weight is 408 g/mol. The topological polar surface area (TPSA) is 82.8 Å². The van der Waals surface area contributed by atoms with Gasteiger partial charge in [-0.15, -0.1) is 0 Å². The van der Waals surface area contributed by atoms with Crippen LogP contribution in [-0.2, 0) is 16.8 Å². The van der Waals surface area contributed by atoms with Crippen LogP contribution in [0.1, 0.15) is 24.1 Å². The third-order valence-electron chi connectivity index (χ3n) is 5.44. The number of methoxy groups -OCH3 is 3. The summed E-state index contributed by atoms with van der Waals surface area (Å²) in [4.78, 5) is 12.9. The molecule has 1 saturated carbocycles. The Labute approximate surface area is 174 Å². The van der Waals surface area contributed by atoms with Gasteiger partial charge in [-0.05, 0) is 48.7 Å². The molecule has 4 rings (SSSR count). The minimum atomic E-state index is -0.628. The number of aromatic nitrogens is 1. The Hall–Kier alpha value is -3.48. The first-order chi connectivity index (χ1) is 14.6. The van der Waals surface area contributed by atoms with E-state index in [-0.39, 0.29) is 5.91 Å². The zero-order valence-corrected chi connectivity index (χ0v) is 17.2. The van der Waals surface area contributed by atoms with Crippen LogP contribution in [0.4, 0.5) is 0 Å². The van der Waals surface area contributed by atoms with Gasteiger partial charge in [0, 0.05) is 18.2 Å². The van der Waals surface area contributed by atoms with Crippen LogP contribution >= 0.6 is 0 Å². The van der Waals surface area contributed by atoms with E-state index >= 15 is 0 Å². The van der Waals surface area contributed by atoms with Gasteiger partial charge in [-0.3, -0.25) is 4.79 Å². The SMILES string of the molecule is COc1cccc(CNC(=O)C2(c3cc(-c4ccc(OC)c(OC)c4)on3)CC2)c1. The fourth-order valence-electron chi connectivity index (χ4n) is 3.48. The third-order valence-corrected chi connectivity index (χ3v) is 5.44. The van der Waals surface area contributed by atoms with E-state index in [1.165, 1.54) is 0 Å². The lowest BCUT2D eigenvalue weighted by Gasteiger charge is -2.13. The molecule has 1 aliphatic rings. The molecule has 2 aromatic carbocycles. The Balaban J connectivity index is 1.49. The molecule has 0 spiro atoms. The molecule has 1 aromatic heterocycles. The minimum Gasteiger partial charge on any atom is -0.497 e. The Morgan fingerprint density at radius 2 is 1.83 bits per heavy atom. The van der Waals surface area contributed by atoms with Crippen molar-refractivity contribution in [3.63, 3.8) is 0 Å². The number of ether oxygens (including phenoxy) is 3. The van der Waals surface area contributed by atoms with E-state index in [0.29, 0.717) is 29.5 Å². The van der Waals surface area contributed by atoms with Gasteiger partial charge in [0.15, 0.2) is 17.3 Å². The van der Waals surface area contributed by atoms with Crippen molar-refractivity contribution in [1.29, 1.82) is 0 Å². The van der Waals surface area contributed by atoms with Gasteiger partial charge in [0.05, 0.1) is 32.4 Å². The van der Waals surface area contributed by atoms with E-state index in [1.54, 1.807) is 21.3 Å². The smallest absolute Gasteiger partial charge is 0.232 e. The Morgan fingerprint density at radius 1 is 1.03 bits per heavy atom. The lowest BCUT2D eigenvalue weighted by atomic mass is 10.00. The van der Waals surface area contributed by atoms with E-state index in [2.05, 4.69) is 10.5 Å². The number of nitrogens with zero attached hydrogens (tertiary/aromatic N) is 1. The van der Waals surface area contributed by atoms with E-state index < -0.39 is 5.41 Å². The lowest BCUT2D eigenvalue weighted by molar-refractivity contribution is -0.123. The minimum absolute atomic E-state index is 0.0440. The molecule has 0 aliphatic heterocycles. The summed E-state index contributed by atoms with van der Waals surface area (Å²) >= 11 is 0. The predicted molar refractivity (Wildman–Crippen MR) is 111 cm³/mol. The van der Waals surface area contributed by atoms with Crippen LogP contribution in [0.5, 0.6) is 17.2 Å². The number of hydrogen-bond donors (Lipinski definition) is 1. The number of rotatable bonds is 8. The highest BCUT2D eigenvalue weighted by Gasteiger charge is 2.53. The largest absolute Gasteiger partial charge is 0.497 e. The van der Waals surface area contributed by atoms with Crippen LogP contribution in [0.15, 0.2) is 53.1 Å². The second-order valence-electron chi connectivity index (χ2n) is 7.26. The van der Waals surface area contributed by atoms with Crippen molar-refractivity contribution < 1.29 is 23.5 Å². The molecule has 1 amide bonds. The second kappa shape index (κ2) is 8.10. The predicted octanol–water partition coefficient (Wildman–Crippen LogP) is 3.72. The highest BCUT2D eigenvalue weighted by Crippen LogP contribution is 2.49. The molecular formula is C23H24N2O5. The summed E-state index contributed by atoms with van der Waals surface area (Å²) in [7, 11) is 4.79. The van der Waals surface area contributed by atoms with Gasteiger partial charge in [0.1, 0.15) is 5.75 Å². The standard InChI is InChI=1S/C23H24N2O5/c1-27-17-6-4-5-15(11-17)14-24-22(26)23(9-10-23)21-13-19(30-25-21)16-7-8-18(28-2)20(12-16)29-3/h4-8,11-13H,9-10,14H2,1-3H3,(H,24,26). The van der Waals surface area contributed by atoms with Crippen LogP contribution in [0.2, 0.25) is 0 Å². The number of hydrogen-bond acceptors (Lipinski definition) is 6. The number of carbonyl (C=O) groups excluding carboxylic acids is 1. The molecule has 7 nitrogen and oxygen atoms in total. The van der Waals surface area contributed by atoms with Crippen molar-refractivity contribution in [1.82, 2.24) is 10.5 Å². The fourth-order valence-corrected chi connectivity index (χ4v) is 3.48. The molecule has 0 saturated heterocycles. The zero-order chi connectivity index (χ0) is 21.1. The molecule has 0 radical (unpaired) electrons. The van der Waals surface area contributed by atoms with Crippen molar-refractivity contribution in [2.75, 3.05) is 21.3 Å². The Bertz CT molecular complexity index is 1060. The van der Waals surface area contributed by atoms with Gasteiger partial charge in [0.2, 0.25) is 5.91 Å². The number of amides is 1. The number of carbonyl (C=O) groups is 1. The van der Waals surface area contributed by atoms with Crippen molar-refractivity contribution >= 4 is 5.91 Å². The average Bonchev–Trinajstić information content (AvgIpc) is 3.46. The second-order valence-corrected chi connectivity index (χ2v) is 7.26. The van der Waals surface area contributed by atoms with Crippen molar-refractivity contribution in [3.8, 4) is 28.6 Å². The molecular weight excluding hydrogens is 384 g/mol. The van der Waals surface area contributed by atoms with Gasteiger partial charge in [-0.25, -0.2) is 0 Å². The summed E-state index contributed by atoms with van der Waals surface area (Å²) in [6.45, 7) is 0.429. The Morgan fingerprint density at radius 3 is 2.53 bits per heavy atom. The first-order valence-corrected chi connectivity index (χ1v) is 9.70. The fraction of sp³-hybridized carbons (Fsp3) is 0.304. The lowest BCUT2D eigenvalue weighted by Crippen LogP contribution is -2.34. The Kier molecular flexibility index (Phi) is 5.35. The van der Waals surface area contributed by atoms with Crippen LogP contribution in [-0.4, -0.2) is 32.4 Å². The monoisotopic (exact) mass is 408 g/mol. The number of nitrogens with one attached hydrogen (secondary N) is 1.